The van der Waals surface area contributed by atoms with Gasteiger partial charge >= 0.3 is 18.1 Å². The molecule has 0 aromatic rings. The van der Waals surface area contributed by atoms with Gasteiger partial charge in [-0.25, -0.2) is 4.79 Å². The van der Waals surface area contributed by atoms with Crippen molar-refractivity contribution in [3.05, 3.63) is 11.8 Å². The van der Waals surface area contributed by atoms with E-state index < -0.39 is 29.4 Å². The third-order valence-corrected chi connectivity index (χ3v) is 1.66. The van der Waals surface area contributed by atoms with E-state index in [1.54, 1.807) is 0 Å². The van der Waals surface area contributed by atoms with Crippen molar-refractivity contribution in [1.82, 2.24) is 0 Å². The first-order valence-corrected chi connectivity index (χ1v) is 4.49. The fraction of sp³-hybridized carbons (Fsp3) is 0.556. The zero-order valence-corrected chi connectivity index (χ0v) is 9.31. The van der Waals surface area contributed by atoms with E-state index >= 15 is 0 Å². The second-order valence-corrected chi connectivity index (χ2v) is 2.88. The normalized spacial score (nSPS) is 13.2. The number of methoxy groups -OCH3 is 1. The minimum atomic E-state index is -6.11. The molecule has 0 amide bonds. The molecule has 0 aliphatic rings. The Bertz CT molecular complexity index is 358. The van der Waals surface area contributed by atoms with Gasteiger partial charge in [-0.2, -0.15) is 22.0 Å². The lowest BCUT2D eigenvalue weighted by Gasteiger charge is -2.18. The molecule has 0 atom stereocenters. The van der Waals surface area contributed by atoms with E-state index in [1.807, 2.05) is 0 Å². The molecule has 0 aliphatic heterocycles. The molecule has 18 heavy (non-hydrogen) atoms. The number of carbonyl (C=O) groups excluding carboxylic acids is 2. The van der Waals surface area contributed by atoms with Gasteiger partial charge in [-0.15, -0.1) is 0 Å². The Hall–Kier alpha value is -1.67. The lowest BCUT2D eigenvalue weighted by molar-refractivity contribution is -0.266. The Morgan fingerprint density at radius 3 is 2.00 bits per heavy atom. The quantitative estimate of drug-likeness (QED) is 0.192. The molecule has 0 aromatic carbocycles. The summed E-state index contributed by atoms with van der Waals surface area (Å²) in [5.74, 6) is -10.1. The molecule has 0 heterocycles. The molecule has 0 spiro atoms. The second-order valence-electron chi connectivity index (χ2n) is 2.88. The highest BCUT2D eigenvalue weighted by Gasteiger charge is 2.64. The monoisotopic (exact) mass is 276 g/mol. The first-order valence-electron chi connectivity index (χ1n) is 4.49. The van der Waals surface area contributed by atoms with Crippen molar-refractivity contribution in [1.29, 1.82) is 0 Å². The average Bonchev–Trinajstić information content (AvgIpc) is 2.27. The summed E-state index contributed by atoms with van der Waals surface area (Å²) >= 11 is 0. The Labute approximate surface area is 98.3 Å². The highest BCUT2D eigenvalue weighted by Crippen LogP contribution is 2.37. The molecule has 0 aliphatic carbocycles. The highest BCUT2D eigenvalue weighted by atomic mass is 19.4. The summed E-state index contributed by atoms with van der Waals surface area (Å²) in [5, 5.41) is 0. The number of hydrogen-bond acceptors (Lipinski definition) is 4. The predicted octanol–water partition coefficient (Wildman–Crippen LogP) is 1.85. The molecule has 0 unspecified atom stereocenters. The summed E-state index contributed by atoms with van der Waals surface area (Å²) in [7, 11) is 0.723. The number of hydrogen-bond donors (Lipinski definition) is 0. The van der Waals surface area contributed by atoms with Crippen molar-refractivity contribution < 1.29 is 41.0 Å². The van der Waals surface area contributed by atoms with Crippen LogP contribution in [0.2, 0.25) is 0 Å². The number of ketones is 1. The summed E-state index contributed by atoms with van der Waals surface area (Å²) in [6, 6.07) is 0. The maximum Gasteiger partial charge on any atom is 0.461 e. The number of alkyl halides is 5. The average molecular weight is 276 g/mol. The molecule has 4 nitrogen and oxygen atoms in total. The second kappa shape index (κ2) is 5.78. The van der Waals surface area contributed by atoms with Gasteiger partial charge in [0.15, 0.2) is 0 Å². The van der Waals surface area contributed by atoms with Crippen LogP contribution in [0.5, 0.6) is 0 Å². The van der Waals surface area contributed by atoms with Crippen molar-refractivity contribution in [3.8, 4) is 0 Å². The van der Waals surface area contributed by atoms with Crippen LogP contribution in [0.15, 0.2) is 11.8 Å². The molecule has 0 saturated carbocycles. The van der Waals surface area contributed by atoms with Gasteiger partial charge in [0.25, 0.3) is 5.78 Å². The third-order valence-electron chi connectivity index (χ3n) is 1.66. The van der Waals surface area contributed by atoms with Crippen LogP contribution in [0.1, 0.15) is 6.92 Å². The number of halogens is 5. The Morgan fingerprint density at radius 1 is 1.17 bits per heavy atom. The van der Waals surface area contributed by atoms with Crippen molar-refractivity contribution in [3.63, 3.8) is 0 Å². The standard InChI is InChI=1S/C9H9F5O4/c1-3-18-4-5(7(16)17-2)6(15)8(10,11)9(12,13)14/h4H,3H2,1-2H3/b5-4+. The minimum absolute atomic E-state index is 0.134. The van der Waals surface area contributed by atoms with Crippen LogP contribution < -0.4 is 0 Å². The summed E-state index contributed by atoms with van der Waals surface area (Å²) in [6.07, 6.45) is -5.89. The van der Waals surface area contributed by atoms with Crippen LogP contribution in [-0.2, 0) is 19.1 Å². The zero-order valence-electron chi connectivity index (χ0n) is 9.31. The van der Waals surface area contributed by atoms with Gasteiger partial charge in [0.1, 0.15) is 11.8 Å². The van der Waals surface area contributed by atoms with Gasteiger partial charge in [0.2, 0.25) is 0 Å². The molecule has 0 aromatic heterocycles. The summed E-state index contributed by atoms with van der Waals surface area (Å²) in [4.78, 5) is 21.9. The molecule has 0 radical (unpaired) electrons. The van der Waals surface area contributed by atoms with Crippen LogP contribution in [-0.4, -0.2) is 37.6 Å². The third kappa shape index (κ3) is 3.41. The Kier molecular flexibility index (Phi) is 5.25. The van der Waals surface area contributed by atoms with Crippen LogP contribution in [0.4, 0.5) is 22.0 Å². The summed E-state index contributed by atoms with van der Waals surface area (Å²) in [6.45, 7) is 1.24. The maximum atomic E-state index is 12.7. The van der Waals surface area contributed by atoms with E-state index in [0.29, 0.717) is 0 Å². The van der Waals surface area contributed by atoms with Crippen molar-refractivity contribution in [2.45, 2.75) is 19.0 Å². The Morgan fingerprint density at radius 2 is 1.67 bits per heavy atom. The van der Waals surface area contributed by atoms with E-state index in [1.165, 1.54) is 6.92 Å². The van der Waals surface area contributed by atoms with E-state index in [-0.39, 0.29) is 12.9 Å². The van der Waals surface area contributed by atoms with Crippen molar-refractivity contribution >= 4 is 11.8 Å². The van der Waals surface area contributed by atoms with Crippen LogP contribution in [0.25, 0.3) is 0 Å². The molecule has 0 bridgehead atoms. The van der Waals surface area contributed by atoms with E-state index in [4.69, 9.17) is 0 Å². The van der Waals surface area contributed by atoms with Crippen LogP contribution in [0.3, 0.4) is 0 Å². The van der Waals surface area contributed by atoms with Gasteiger partial charge in [-0.3, -0.25) is 4.79 Å². The van der Waals surface area contributed by atoms with Gasteiger partial charge in [0, 0.05) is 0 Å². The molecular formula is C9H9F5O4. The number of carbonyl (C=O) groups is 2. The fourth-order valence-electron chi connectivity index (χ4n) is 0.769. The molecule has 9 heteroatoms. The number of rotatable bonds is 5. The van der Waals surface area contributed by atoms with Crippen LogP contribution in [0, 0.1) is 0 Å². The van der Waals surface area contributed by atoms with E-state index in [9.17, 15) is 31.5 Å². The molecule has 0 N–H and O–H groups in total. The highest BCUT2D eigenvalue weighted by molar-refractivity contribution is 6.19. The van der Waals surface area contributed by atoms with Gasteiger partial charge in [-0.05, 0) is 6.92 Å². The first kappa shape index (κ1) is 16.3. The first-order chi connectivity index (χ1) is 8.09. The fourth-order valence-corrected chi connectivity index (χ4v) is 0.769. The van der Waals surface area contributed by atoms with E-state index in [2.05, 4.69) is 9.47 Å². The molecule has 0 rings (SSSR count). The lowest BCUT2D eigenvalue weighted by Crippen LogP contribution is -2.46. The van der Waals surface area contributed by atoms with E-state index in [0.717, 1.165) is 7.11 Å². The largest absolute Gasteiger partial charge is 0.500 e. The molecule has 0 fully saturated rings. The van der Waals surface area contributed by atoms with Gasteiger partial charge in [-0.1, -0.05) is 0 Å². The zero-order chi connectivity index (χ0) is 14.6. The summed E-state index contributed by atoms with van der Waals surface area (Å²) in [5.41, 5.74) is -1.51. The Balaban J connectivity index is 5.40. The number of ether oxygens (including phenoxy) is 2. The topological polar surface area (TPSA) is 52.6 Å². The number of Topliss-reactive ketones (excluding diaryl/α,β-unsaturated/α-hetero) is 1. The van der Waals surface area contributed by atoms with Gasteiger partial charge < -0.3 is 9.47 Å². The number of esters is 1. The maximum absolute atomic E-state index is 12.7. The molecular weight excluding hydrogens is 267 g/mol. The SMILES string of the molecule is CCO/C=C(/C(=O)OC)C(=O)C(F)(F)C(F)(F)F. The smallest absolute Gasteiger partial charge is 0.461 e. The minimum Gasteiger partial charge on any atom is -0.500 e. The molecule has 104 valence electrons. The van der Waals surface area contributed by atoms with Crippen LogP contribution >= 0.6 is 0 Å². The predicted molar refractivity (Wildman–Crippen MR) is 47.7 cm³/mol. The lowest BCUT2D eigenvalue weighted by atomic mass is 10.1. The molecule has 0 saturated heterocycles. The van der Waals surface area contributed by atoms with Crippen molar-refractivity contribution in [2.24, 2.45) is 0 Å². The van der Waals surface area contributed by atoms with Gasteiger partial charge in [0.05, 0.1) is 13.7 Å². The summed E-state index contributed by atoms with van der Waals surface area (Å²) < 4.78 is 69.6. The van der Waals surface area contributed by atoms with Crippen molar-refractivity contribution in [2.75, 3.05) is 13.7 Å².